The summed E-state index contributed by atoms with van der Waals surface area (Å²) in [5.74, 6) is -1.48. The van der Waals surface area contributed by atoms with Gasteiger partial charge in [-0.25, -0.2) is 0 Å². The van der Waals surface area contributed by atoms with E-state index >= 15 is 0 Å². The van der Waals surface area contributed by atoms with Gasteiger partial charge in [-0.1, -0.05) is 56.0 Å². The van der Waals surface area contributed by atoms with Gasteiger partial charge in [0, 0.05) is 25.9 Å². The molecular formula is C22H32N2O4. The Morgan fingerprint density at radius 3 is 1.82 bits per heavy atom. The van der Waals surface area contributed by atoms with Crippen LogP contribution in [-0.4, -0.2) is 22.2 Å². The van der Waals surface area contributed by atoms with Crippen molar-refractivity contribution in [3.63, 3.8) is 0 Å². The highest BCUT2D eigenvalue weighted by atomic mass is 16.4. The second-order valence-electron chi connectivity index (χ2n) is 6.79. The van der Waals surface area contributed by atoms with E-state index in [-0.39, 0.29) is 12.8 Å². The molecule has 0 aromatic heterocycles. The summed E-state index contributed by atoms with van der Waals surface area (Å²) in [7, 11) is 0. The van der Waals surface area contributed by atoms with E-state index in [1.165, 1.54) is 16.3 Å². The fraction of sp³-hybridized carbons (Fsp3) is 0.455. The number of unbranched alkanes of at least 4 members (excludes halogenated alkanes) is 5. The van der Waals surface area contributed by atoms with E-state index in [2.05, 4.69) is 30.3 Å². The van der Waals surface area contributed by atoms with Crippen LogP contribution in [0.1, 0.15) is 62.5 Å². The Bertz CT molecular complexity index is 726. The predicted octanol–water partition coefficient (Wildman–Crippen LogP) is 4.03. The fourth-order valence-corrected chi connectivity index (χ4v) is 2.96. The average molecular weight is 389 g/mol. The van der Waals surface area contributed by atoms with Gasteiger partial charge >= 0.3 is 11.9 Å². The summed E-state index contributed by atoms with van der Waals surface area (Å²) in [6.07, 6.45) is 5.82. The number of fused-ring (bicyclic) bond motifs is 1. The van der Waals surface area contributed by atoms with Crippen molar-refractivity contribution in [2.75, 3.05) is 0 Å². The van der Waals surface area contributed by atoms with Gasteiger partial charge in [-0.2, -0.15) is 0 Å². The lowest BCUT2D eigenvalue weighted by Crippen LogP contribution is -1.98. The van der Waals surface area contributed by atoms with Crippen molar-refractivity contribution < 1.29 is 19.8 Å². The van der Waals surface area contributed by atoms with E-state index in [1.54, 1.807) is 0 Å². The largest absolute Gasteiger partial charge is 0.481 e. The van der Waals surface area contributed by atoms with E-state index in [4.69, 9.17) is 21.7 Å². The van der Waals surface area contributed by atoms with Gasteiger partial charge in [0.05, 0.1) is 0 Å². The number of carboxylic acid groups (broad SMARTS) is 2. The number of hydrogen-bond donors (Lipinski definition) is 4. The van der Waals surface area contributed by atoms with Crippen LogP contribution < -0.4 is 11.5 Å². The molecule has 0 unspecified atom stereocenters. The molecule has 0 aliphatic carbocycles. The molecule has 0 amide bonds. The van der Waals surface area contributed by atoms with E-state index in [9.17, 15) is 9.59 Å². The Morgan fingerprint density at radius 2 is 1.32 bits per heavy atom. The summed E-state index contributed by atoms with van der Waals surface area (Å²) in [4.78, 5) is 20.3. The van der Waals surface area contributed by atoms with Crippen LogP contribution in [-0.2, 0) is 22.7 Å². The third-order valence-electron chi connectivity index (χ3n) is 4.52. The maximum Gasteiger partial charge on any atom is 0.303 e. The van der Waals surface area contributed by atoms with Crippen LogP contribution in [0.3, 0.4) is 0 Å². The van der Waals surface area contributed by atoms with Crippen LogP contribution in [0, 0.1) is 0 Å². The van der Waals surface area contributed by atoms with Crippen LogP contribution >= 0.6 is 0 Å². The van der Waals surface area contributed by atoms with Crippen molar-refractivity contribution in [2.24, 2.45) is 11.5 Å². The van der Waals surface area contributed by atoms with E-state index < -0.39 is 11.9 Å². The minimum atomic E-state index is -0.740. The summed E-state index contributed by atoms with van der Waals surface area (Å²) in [5, 5.41) is 19.1. The topological polar surface area (TPSA) is 127 Å². The van der Waals surface area contributed by atoms with E-state index in [0.29, 0.717) is 13.1 Å². The molecule has 6 heteroatoms. The molecule has 0 spiro atoms. The second kappa shape index (κ2) is 13.7. The highest BCUT2D eigenvalue weighted by molar-refractivity contribution is 5.86. The number of rotatable bonds is 11. The first-order valence-electron chi connectivity index (χ1n) is 9.82. The Morgan fingerprint density at radius 1 is 0.750 bits per heavy atom. The zero-order valence-corrected chi connectivity index (χ0v) is 16.4. The molecule has 0 saturated heterocycles. The first-order valence-corrected chi connectivity index (χ1v) is 9.82. The molecule has 0 aliphatic rings. The summed E-state index contributed by atoms with van der Waals surface area (Å²) < 4.78 is 0. The van der Waals surface area contributed by atoms with Gasteiger partial charge in [0.15, 0.2) is 0 Å². The zero-order valence-electron chi connectivity index (χ0n) is 16.4. The maximum absolute atomic E-state index is 10.1. The molecule has 0 fully saturated rings. The van der Waals surface area contributed by atoms with Crippen LogP contribution in [0.5, 0.6) is 0 Å². The first kappa shape index (κ1) is 23.6. The summed E-state index contributed by atoms with van der Waals surface area (Å²) in [6.45, 7) is 1.17. The van der Waals surface area contributed by atoms with Crippen LogP contribution in [0.25, 0.3) is 10.8 Å². The molecule has 154 valence electrons. The summed E-state index contributed by atoms with van der Waals surface area (Å²) in [6, 6.07) is 12.5. The number of benzene rings is 2. The maximum atomic E-state index is 10.1. The van der Waals surface area contributed by atoms with E-state index in [0.717, 1.165) is 44.1 Å². The van der Waals surface area contributed by atoms with Crippen LogP contribution in [0.4, 0.5) is 0 Å². The van der Waals surface area contributed by atoms with Crippen LogP contribution in [0.15, 0.2) is 36.4 Å². The van der Waals surface area contributed by atoms with E-state index in [1.807, 2.05) is 6.07 Å². The lowest BCUT2D eigenvalue weighted by Gasteiger charge is -2.05. The highest BCUT2D eigenvalue weighted by Gasteiger charge is 2.00. The molecule has 0 radical (unpaired) electrons. The highest BCUT2D eigenvalue weighted by Crippen LogP contribution is 2.19. The number of carboxylic acids is 2. The lowest BCUT2D eigenvalue weighted by atomic mass is 10.0. The first-order chi connectivity index (χ1) is 13.5. The van der Waals surface area contributed by atoms with Gasteiger partial charge in [-0.05, 0) is 40.8 Å². The third-order valence-corrected chi connectivity index (χ3v) is 4.52. The number of carbonyl (C=O) groups is 2. The predicted molar refractivity (Wildman–Crippen MR) is 112 cm³/mol. The third kappa shape index (κ3) is 9.48. The molecule has 0 atom stereocenters. The SMILES string of the molecule is NCc1ccc2c(CN)cccc2c1.O=C(O)CCCCCCCCC(=O)O. The fourth-order valence-electron chi connectivity index (χ4n) is 2.96. The molecule has 2 aromatic rings. The quantitative estimate of drug-likeness (QED) is 0.430. The van der Waals surface area contributed by atoms with Gasteiger partial charge in [0.1, 0.15) is 0 Å². The van der Waals surface area contributed by atoms with Gasteiger partial charge < -0.3 is 21.7 Å². The lowest BCUT2D eigenvalue weighted by molar-refractivity contribution is -0.138. The van der Waals surface area contributed by atoms with Crippen molar-refractivity contribution >= 4 is 22.7 Å². The molecule has 6 N–H and O–H groups in total. The molecule has 0 saturated carbocycles. The molecule has 0 bridgehead atoms. The average Bonchev–Trinajstić information content (AvgIpc) is 2.69. The van der Waals surface area contributed by atoms with Gasteiger partial charge in [-0.3, -0.25) is 9.59 Å². The van der Waals surface area contributed by atoms with Gasteiger partial charge in [0.25, 0.3) is 0 Å². The molecule has 0 aliphatic heterocycles. The normalized spacial score (nSPS) is 10.4. The molecule has 6 nitrogen and oxygen atoms in total. The van der Waals surface area contributed by atoms with Crippen molar-refractivity contribution in [3.8, 4) is 0 Å². The zero-order chi connectivity index (χ0) is 20.8. The molecule has 0 heterocycles. The minimum absolute atomic E-state index is 0.245. The Balaban J connectivity index is 0.000000280. The summed E-state index contributed by atoms with van der Waals surface area (Å²) in [5.41, 5.74) is 13.6. The summed E-state index contributed by atoms with van der Waals surface area (Å²) >= 11 is 0. The number of nitrogens with two attached hydrogens (primary N) is 2. The van der Waals surface area contributed by atoms with Crippen molar-refractivity contribution in [1.82, 2.24) is 0 Å². The monoisotopic (exact) mass is 388 g/mol. The second-order valence-corrected chi connectivity index (χ2v) is 6.79. The Labute approximate surface area is 166 Å². The molecular weight excluding hydrogens is 356 g/mol. The number of aliphatic carboxylic acids is 2. The smallest absolute Gasteiger partial charge is 0.303 e. The molecule has 28 heavy (non-hydrogen) atoms. The van der Waals surface area contributed by atoms with Crippen molar-refractivity contribution in [1.29, 1.82) is 0 Å². The van der Waals surface area contributed by atoms with Gasteiger partial charge in [0.2, 0.25) is 0 Å². The minimum Gasteiger partial charge on any atom is -0.481 e. The Hall–Kier alpha value is -2.44. The number of hydrogen-bond acceptors (Lipinski definition) is 4. The van der Waals surface area contributed by atoms with Crippen molar-refractivity contribution in [2.45, 2.75) is 64.5 Å². The van der Waals surface area contributed by atoms with Crippen molar-refractivity contribution in [3.05, 3.63) is 47.5 Å². The Kier molecular flexibility index (Phi) is 11.5. The molecule has 2 rings (SSSR count). The standard InChI is InChI=1S/C12H14N2.C10H18O4/c13-7-9-4-5-12-10(6-9)2-1-3-11(12)8-14;11-9(12)7-5-3-1-2-4-6-8-10(13)14/h1-6H,7-8,13-14H2;1-8H2,(H,11,12)(H,13,14). The van der Waals surface area contributed by atoms with Crippen LogP contribution in [0.2, 0.25) is 0 Å². The van der Waals surface area contributed by atoms with Gasteiger partial charge in [-0.15, -0.1) is 0 Å². The molecule has 2 aromatic carbocycles.